The molecule has 3 heterocycles. The summed E-state index contributed by atoms with van der Waals surface area (Å²) in [6.07, 6.45) is 10.8. The third-order valence-corrected chi connectivity index (χ3v) is 7.73. The van der Waals surface area contributed by atoms with Gasteiger partial charge in [0, 0.05) is 57.1 Å². The number of carbonyl (C=O) groups excluding carboxylic acids is 2. The highest BCUT2D eigenvalue weighted by Gasteiger charge is 2.37. The van der Waals surface area contributed by atoms with Gasteiger partial charge in [0.2, 0.25) is 11.8 Å². The lowest BCUT2D eigenvalue weighted by Gasteiger charge is -2.44. The number of para-hydroxylation sites is 1. The van der Waals surface area contributed by atoms with Crippen LogP contribution >= 0.6 is 0 Å². The fourth-order valence-electron chi connectivity index (χ4n) is 5.76. The van der Waals surface area contributed by atoms with Crippen LogP contribution in [0, 0.1) is 12.8 Å². The first-order chi connectivity index (χ1) is 16.5. The second-order valence-electron chi connectivity index (χ2n) is 10.5. The first-order valence-electron chi connectivity index (χ1n) is 12.9. The third-order valence-electron chi connectivity index (χ3n) is 7.73. The topological polar surface area (TPSA) is 61.7 Å². The lowest BCUT2D eigenvalue weighted by Crippen LogP contribution is -2.53. The van der Waals surface area contributed by atoms with E-state index in [1.807, 2.05) is 41.1 Å². The van der Waals surface area contributed by atoms with Crippen molar-refractivity contribution in [1.82, 2.24) is 19.6 Å². The first-order valence-corrected chi connectivity index (χ1v) is 12.9. The van der Waals surface area contributed by atoms with Crippen molar-refractivity contribution in [3.63, 3.8) is 0 Å². The highest BCUT2D eigenvalue weighted by molar-refractivity contribution is 5.92. The number of hydrogen-bond acceptors (Lipinski definition) is 4. The van der Waals surface area contributed by atoms with Gasteiger partial charge >= 0.3 is 0 Å². The van der Waals surface area contributed by atoms with Gasteiger partial charge in [0.15, 0.2) is 0 Å². The molecule has 3 aliphatic rings. The summed E-state index contributed by atoms with van der Waals surface area (Å²) < 4.78 is 1.74. The molecule has 1 saturated heterocycles. The molecule has 0 spiro atoms. The number of benzene rings is 1. The van der Waals surface area contributed by atoms with Gasteiger partial charge in [-0.05, 0) is 62.1 Å². The minimum Gasteiger partial charge on any atom is -0.335 e. The summed E-state index contributed by atoms with van der Waals surface area (Å²) in [5.74, 6) is 0.947. The van der Waals surface area contributed by atoms with E-state index in [0.717, 1.165) is 55.2 Å². The van der Waals surface area contributed by atoms with Crippen molar-refractivity contribution >= 4 is 17.5 Å². The molecule has 5 rings (SSSR count). The Morgan fingerprint density at radius 3 is 2.59 bits per heavy atom. The zero-order valence-electron chi connectivity index (χ0n) is 20.5. The summed E-state index contributed by atoms with van der Waals surface area (Å²) in [5.41, 5.74) is 3.03. The van der Waals surface area contributed by atoms with Crippen molar-refractivity contribution in [1.29, 1.82) is 0 Å². The van der Waals surface area contributed by atoms with Crippen LogP contribution in [0.4, 0.5) is 5.69 Å². The van der Waals surface area contributed by atoms with Crippen molar-refractivity contribution in [2.45, 2.75) is 77.5 Å². The van der Waals surface area contributed by atoms with Gasteiger partial charge in [-0.3, -0.25) is 19.2 Å². The molecule has 1 aromatic carbocycles. The van der Waals surface area contributed by atoms with E-state index in [4.69, 9.17) is 0 Å². The molecule has 1 saturated carbocycles. The Hall–Kier alpha value is -2.67. The normalized spacial score (nSPS) is 23.8. The number of amides is 2. The molecule has 7 nitrogen and oxygen atoms in total. The summed E-state index contributed by atoms with van der Waals surface area (Å²) in [5, 5.41) is 4.35. The molecule has 0 radical (unpaired) electrons. The van der Waals surface area contributed by atoms with Gasteiger partial charge in [0.1, 0.15) is 6.54 Å². The van der Waals surface area contributed by atoms with Crippen LogP contribution in [0.2, 0.25) is 0 Å². The maximum Gasteiger partial charge on any atom is 0.244 e. The smallest absolute Gasteiger partial charge is 0.244 e. The van der Waals surface area contributed by atoms with Crippen LogP contribution in [0.1, 0.15) is 56.6 Å². The van der Waals surface area contributed by atoms with Crippen molar-refractivity contribution in [3.05, 3.63) is 47.8 Å². The molecule has 0 N–H and O–H groups in total. The number of rotatable bonds is 4. The van der Waals surface area contributed by atoms with E-state index >= 15 is 0 Å². The fraction of sp³-hybridized carbons (Fsp3) is 0.593. The molecule has 2 bridgehead atoms. The molecule has 1 aliphatic carbocycles. The van der Waals surface area contributed by atoms with Gasteiger partial charge in [-0.15, -0.1) is 0 Å². The van der Waals surface area contributed by atoms with Gasteiger partial charge < -0.3 is 9.80 Å². The molecule has 2 fully saturated rings. The maximum absolute atomic E-state index is 13.6. The minimum atomic E-state index is 0.0673. The number of carbonyl (C=O) groups is 2. The number of piperidine rings is 1. The van der Waals surface area contributed by atoms with Crippen LogP contribution in [0.3, 0.4) is 0 Å². The van der Waals surface area contributed by atoms with Crippen molar-refractivity contribution in [2.24, 2.45) is 5.92 Å². The number of aromatic nitrogens is 2. The number of fused-ring (bicyclic) bond motifs is 3. The molecular formula is C27H37N5O2. The molecule has 2 aromatic rings. The van der Waals surface area contributed by atoms with Crippen molar-refractivity contribution in [2.75, 3.05) is 24.5 Å². The highest BCUT2D eigenvalue weighted by Crippen LogP contribution is 2.36. The summed E-state index contributed by atoms with van der Waals surface area (Å²) in [4.78, 5) is 33.0. The number of hydrogen-bond donors (Lipinski definition) is 0. The van der Waals surface area contributed by atoms with Gasteiger partial charge in [-0.1, -0.05) is 24.6 Å². The van der Waals surface area contributed by atoms with E-state index in [-0.39, 0.29) is 18.4 Å². The fourth-order valence-corrected chi connectivity index (χ4v) is 5.76. The predicted molar refractivity (Wildman–Crippen MR) is 132 cm³/mol. The lowest BCUT2D eigenvalue weighted by molar-refractivity contribution is -0.134. The molecule has 2 aliphatic heterocycles. The summed E-state index contributed by atoms with van der Waals surface area (Å²) in [7, 11) is 0. The molecule has 34 heavy (non-hydrogen) atoms. The zero-order chi connectivity index (χ0) is 23.7. The van der Waals surface area contributed by atoms with E-state index in [1.165, 1.54) is 25.7 Å². The Labute approximate surface area is 202 Å². The molecular weight excluding hydrogens is 426 g/mol. The monoisotopic (exact) mass is 463 g/mol. The summed E-state index contributed by atoms with van der Waals surface area (Å²) in [6, 6.07) is 8.94. The minimum absolute atomic E-state index is 0.0673. The van der Waals surface area contributed by atoms with Gasteiger partial charge in [0.25, 0.3) is 0 Å². The first kappa shape index (κ1) is 23.1. The molecule has 1 aromatic heterocycles. The zero-order valence-corrected chi connectivity index (χ0v) is 20.5. The standard InChI is InChI=1S/C27H37N5O2/c1-20-14-28-30(15-20)19-27(34)29-17-23-6-3-4-9-26(23)31(21(2)33)13-12-24-7-5-8-25(18-29)32(24)16-22-10-11-22/h3-4,6,9,14-15,22,24-25H,5,7-8,10-13,16-19H2,1-2H3. The average molecular weight is 464 g/mol. The van der Waals surface area contributed by atoms with Crippen molar-refractivity contribution in [3.8, 4) is 0 Å². The Morgan fingerprint density at radius 2 is 1.85 bits per heavy atom. The van der Waals surface area contributed by atoms with Crippen LogP contribution in [-0.2, 0) is 22.7 Å². The van der Waals surface area contributed by atoms with Gasteiger partial charge in [0.05, 0.1) is 6.20 Å². The molecule has 2 atom stereocenters. The average Bonchev–Trinajstić information content (AvgIpc) is 3.54. The number of anilines is 1. The third kappa shape index (κ3) is 5.19. The van der Waals surface area contributed by atoms with Crippen LogP contribution in [0.5, 0.6) is 0 Å². The Balaban J connectivity index is 1.49. The second-order valence-corrected chi connectivity index (χ2v) is 10.5. The number of aryl methyl sites for hydroxylation is 1. The predicted octanol–water partition coefficient (Wildman–Crippen LogP) is 3.61. The second kappa shape index (κ2) is 9.90. The Morgan fingerprint density at radius 1 is 1.06 bits per heavy atom. The largest absolute Gasteiger partial charge is 0.335 e. The molecule has 182 valence electrons. The molecule has 2 amide bonds. The Kier molecular flexibility index (Phi) is 6.73. The molecule has 2 unspecified atom stereocenters. The summed E-state index contributed by atoms with van der Waals surface area (Å²) in [6.45, 7) is 6.99. The Bertz CT molecular complexity index is 1030. The van der Waals surface area contributed by atoms with Crippen LogP contribution < -0.4 is 4.90 Å². The molecule has 7 heteroatoms. The highest BCUT2D eigenvalue weighted by atomic mass is 16.2. The lowest BCUT2D eigenvalue weighted by atomic mass is 9.92. The van der Waals surface area contributed by atoms with Gasteiger partial charge in [-0.2, -0.15) is 5.10 Å². The van der Waals surface area contributed by atoms with E-state index in [9.17, 15) is 9.59 Å². The van der Waals surface area contributed by atoms with E-state index in [2.05, 4.69) is 16.1 Å². The van der Waals surface area contributed by atoms with E-state index in [0.29, 0.717) is 18.6 Å². The van der Waals surface area contributed by atoms with Gasteiger partial charge in [-0.25, -0.2) is 0 Å². The SMILES string of the molecule is CC(=O)N1CCC2CCCC(CN(C(=O)Cn3cc(C)cn3)Cc3ccccc31)N2CC1CC1. The van der Waals surface area contributed by atoms with Crippen LogP contribution in [-0.4, -0.2) is 63.1 Å². The van der Waals surface area contributed by atoms with Crippen LogP contribution in [0.25, 0.3) is 0 Å². The van der Waals surface area contributed by atoms with E-state index in [1.54, 1.807) is 17.8 Å². The quantitative estimate of drug-likeness (QED) is 0.695. The maximum atomic E-state index is 13.6. The number of nitrogens with zero attached hydrogens (tertiary/aromatic N) is 5. The summed E-state index contributed by atoms with van der Waals surface area (Å²) >= 11 is 0. The van der Waals surface area contributed by atoms with Crippen molar-refractivity contribution < 1.29 is 9.59 Å². The van der Waals surface area contributed by atoms with E-state index < -0.39 is 0 Å². The van der Waals surface area contributed by atoms with Crippen LogP contribution in [0.15, 0.2) is 36.7 Å².